The second-order valence-electron chi connectivity index (χ2n) is 4.63. The Hall–Kier alpha value is -1.16. The van der Waals surface area contributed by atoms with Crippen molar-refractivity contribution in [3.05, 3.63) is 5.69 Å². The minimum absolute atomic E-state index is 0.0449. The van der Waals surface area contributed by atoms with E-state index >= 15 is 0 Å². The zero-order valence-corrected chi connectivity index (χ0v) is 13.3. The van der Waals surface area contributed by atoms with Crippen molar-refractivity contribution in [1.29, 1.82) is 0 Å². The number of aromatic nitrogens is 1. The van der Waals surface area contributed by atoms with Crippen molar-refractivity contribution in [3.63, 3.8) is 0 Å². The molecule has 21 heavy (non-hydrogen) atoms. The summed E-state index contributed by atoms with van der Waals surface area (Å²) in [7, 11) is 0. The van der Waals surface area contributed by atoms with E-state index in [-0.39, 0.29) is 23.6 Å². The maximum Gasteiger partial charge on any atom is 0.227 e. The molecule has 2 heterocycles. The van der Waals surface area contributed by atoms with Crippen LogP contribution in [0.2, 0.25) is 0 Å². The van der Waals surface area contributed by atoms with E-state index in [1.165, 1.54) is 23.1 Å². The molecule has 2 rings (SSSR count). The fourth-order valence-corrected chi connectivity index (χ4v) is 3.74. The van der Waals surface area contributed by atoms with Crippen molar-refractivity contribution >= 4 is 40.0 Å². The molecule has 7 nitrogen and oxygen atoms in total. The highest BCUT2D eigenvalue weighted by Crippen LogP contribution is 2.31. The Labute approximate surface area is 131 Å². The molecule has 4 N–H and O–H groups in total. The van der Waals surface area contributed by atoms with E-state index in [1.807, 2.05) is 6.92 Å². The quantitative estimate of drug-likeness (QED) is 0.650. The lowest BCUT2D eigenvalue weighted by molar-refractivity contribution is -0.117. The predicted molar refractivity (Wildman–Crippen MR) is 82.6 cm³/mol. The lowest BCUT2D eigenvalue weighted by Gasteiger charge is -2.22. The molecule has 1 aromatic rings. The highest BCUT2D eigenvalue weighted by Gasteiger charge is 2.18. The monoisotopic (exact) mass is 330 g/mol. The number of carbonyl (C=O) groups excluding carboxylic acids is 2. The topological polar surface area (TPSA) is 106 Å². The van der Waals surface area contributed by atoms with Gasteiger partial charge in [0.1, 0.15) is 0 Å². The van der Waals surface area contributed by atoms with Crippen LogP contribution in [-0.2, 0) is 14.3 Å². The van der Waals surface area contributed by atoms with Crippen molar-refractivity contribution in [1.82, 2.24) is 10.3 Å². The van der Waals surface area contributed by atoms with Gasteiger partial charge in [0, 0.05) is 19.0 Å². The standard InChI is InChI=1S/C12H18N4O3S2/c1-7-11(20-6-9(13)17)21-12(15-7)16-10(18)4-8-5-19-3-2-14-8/h8,14H,2-6H2,1H3,(H2,13,17)(H,15,16,18). The molecule has 2 amide bonds. The average molecular weight is 330 g/mol. The molecular weight excluding hydrogens is 312 g/mol. The number of morpholine rings is 1. The number of primary amides is 1. The molecule has 0 bridgehead atoms. The summed E-state index contributed by atoms with van der Waals surface area (Å²) in [4.78, 5) is 27.0. The van der Waals surface area contributed by atoms with Crippen molar-refractivity contribution < 1.29 is 14.3 Å². The van der Waals surface area contributed by atoms with Gasteiger partial charge in [0.25, 0.3) is 0 Å². The van der Waals surface area contributed by atoms with Gasteiger partial charge < -0.3 is 21.1 Å². The molecule has 0 spiro atoms. The number of nitrogens with two attached hydrogens (primary N) is 1. The van der Waals surface area contributed by atoms with Crippen LogP contribution in [0.5, 0.6) is 0 Å². The van der Waals surface area contributed by atoms with Crippen LogP contribution in [0.4, 0.5) is 5.13 Å². The Balaban J connectivity index is 1.85. The summed E-state index contributed by atoms with van der Waals surface area (Å²) >= 11 is 2.69. The van der Waals surface area contributed by atoms with Crippen LogP contribution in [0, 0.1) is 6.92 Å². The van der Waals surface area contributed by atoms with Crippen LogP contribution in [0.15, 0.2) is 4.21 Å². The van der Waals surface area contributed by atoms with Gasteiger partial charge in [-0.15, -0.1) is 11.8 Å². The zero-order chi connectivity index (χ0) is 15.2. The third-order valence-corrected chi connectivity index (χ3v) is 5.23. The first-order valence-electron chi connectivity index (χ1n) is 6.54. The summed E-state index contributed by atoms with van der Waals surface area (Å²) < 4.78 is 6.20. The number of carbonyl (C=O) groups is 2. The summed E-state index contributed by atoms with van der Waals surface area (Å²) in [6.07, 6.45) is 0.350. The zero-order valence-electron chi connectivity index (χ0n) is 11.7. The minimum atomic E-state index is -0.373. The number of nitrogens with zero attached hydrogens (tertiary/aromatic N) is 1. The number of rotatable bonds is 6. The molecular formula is C12H18N4O3S2. The molecule has 116 valence electrons. The van der Waals surface area contributed by atoms with Crippen molar-refractivity contribution in [3.8, 4) is 0 Å². The van der Waals surface area contributed by atoms with Gasteiger partial charge in [0.15, 0.2) is 5.13 Å². The first-order chi connectivity index (χ1) is 10.0. The van der Waals surface area contributed by atoms with Crippen LogP contribution in [0.1, 0.15) is 12.1 Å². The second-order valence-corrected chi connectivity index (χ2v) is 6.87. The molecule has 0 radical (unpaired) electrons. The van der Waals surface area contributed by atoms with Gasteiger partial charge in [-0.2, -0.15) is 0 Å². The van der Waals surface area contributed by atoms with E-state index in [1.54, 1.807) is 0 Å². The largest absolute Gasteiger partial charge is 0.378 e. The summed E-state index contributed by atoms with van der Waals surface area (Å²) in [6, 6.07) is 0.0449. The van der Waals surface area contributed by atoms with Gasteiger partial charge in [-0.05, 0) is 6.92 Å². The summed E-state index contributed by atoms with van der Waals surface area (Å²) in [6.45, 7) is 3.84. The Kier molecular flexibility index (Phi) is 5.97. The Morgan fingerprint density at radius 1 is 1.62 bits per heavy atom. The molecule has 1 atom stereocenters. The first-order valence-corrected chi connectivity index (χ1v) is 8.34. The Bertz CT molecular complexity index is 515. The molecule has 0 saturated carbocycles. The number of thiazole rings is 1. The van der Waals surface area contributed by atoms with Crippen LogP contribution in [0.3, 0.4) is 0 Å². The molecule has 9 heteroatoms. The number of hydrogen-bond donors (Lipinski definition) is 3. The first kappa shape index (κ1) is 16.2. The maximum atomic E-state index is 11.9. The molecule has 1 aliphatic heterocycles. The van der Waals surface area contributed by atoms with Gasteiger partial charge in [-0.3, -0.25) is 9.59 Å². The fourth-order valence-electron chi connectivity index (χ4n) is 1.85. The van der Waals surface area contributed by atoms with Crippen molar-refractivity contribution in [2.45, 2.75) is 23.6 Å². The van der Waals surface area contributed by atoms with Gasteiger partial charge in [-0.1, -0.05) is 11.3 Å². The summed E-state index contributed by atoms with van der Waals surface area (Å²) in [5.41, 5.74) is 5.91. The third kappa shape index (κ3) is 5.27. The van der Waals surface area contributed by atoms with Crippen LogP contribution in [-0.4, -0.2) is 48.4 Å². The highest BCUT2D eigenvalue weighted by atomic mass is 32.2. The van der Waals surface area contributed by atoms with Crippen LogP contribution < -0.4 is 16.4 Å². The van der Waals surface area contributed by atoms with Gasteiger partial charge in [0.2, 0.25) is 11.8 Å². The van der Waals surface area contributed by atoms with Gasteiger partial charge >= 0.3 is 0 Å². The van der Waals surface area contributed by atoms with E-state index < -0.39 is 0 Å². The van der Waals surface area contributed by atoms with Crippen molar-refractivity contribution in [2.75, 3.05) is 30.8 Å². The third-order valence-electron chi connectivity index (χ3n) is 2.78. The van der Waals surface area contributed by atoms with Crippen LogP contribution in [0.25, 0.3) is 0 Å². The van der Waals surface area contributed by atoms with E-state index in [2.05, 4.69) is 15.6 Å². The normalized spacial score (nSPS) is 18.4. The van der Waals surface area contributed by atoms with E-state index in [0.29, 0.717) is 24.8 Å². The van der Waals surface area contributed by atoms with E-state index in [9.17, 15) is 9.59 Å². The summed E-state index contributed by atoms with van der Waals surface area (Å²) in [5.74, 6) is -0.264. The smallest absolute Gasteiger partial charge is 0.227 e. The number of aryl methyl sites for hydroxylation is 1. The van der Waals surface area contributed by atoms with Crippen molar-refractivity contribution in [2.24, 2.45) is 5.73 Å². The predicted octanol–water partition coefficient (Wildman–Crippen LogP) is 0.346. The van der Waals surface area contributed by atoms with E-state index in [4.69, 9.17) is 10.5 Å². The lowest BCUT2D eigenvalue weighted by atomic mass is 10.2. The average Bonchev–Trinajstić information content (AvgIpc) is 2.77. The number of amides is 2. The summed E-state index contributed by atoms with van der Waals surface area (Å²) in [5, 5.41) is 6.55. The fraction of sp³-hybridized carbons (Fsp3) is 0.583. The molecule has 1 aromatic heterocycles. The minimum Gasteiger partial charge on any atom is -0.378 e. The lowest BCUT2D eigenvalue weighted by Crippen LogP contribution is -2.43. The van der Waals surface area contributed by atoms with Gasteiger partial charge in [0.05, 0.1) is 28.9 Å². The molecule has 1 aliphatic rings. The molecule has 1 unspecified atom stereocenters. The molecule has 1 saturated heterocycles. The van der Waals surface area contributed by atoms with Gasteiger partial charge in [-0.25, -0.2) is 4.98 Å². The number of nitrogens with one attached hydrogen (secondary N) is 2. The highest BCUT2D eigenvalue weighted by molar-refractivity contribution is 8.01. The Morgan fingerprint density at radius 2 is 2.43 bits per heavy atom. The Morgan fingerprint density at radius 3 is 3.10 bits per heavy atom. The molecule has 1 fully saturated rings. The van der Waals surface area contributed by atoms with E-state index in [0.717, 1.165) is 16.4 Å². The SMILES string of the molecule is Cc1nc(NC(=O)CC2COCCN2)sc1SCC(N)=O. The van der Waals surface area contributed by atoms with Crippen LogP contribution >= 0.6 is 23.1 Å². The number of thioether (sulfide) groups is 1. The maximum absolute atomic E-state index is 11.9. The number of hydrogen-bond acceptors (Lipinski definition) is 7. The second kappa shape index (κ2) is 7.74. The number of ether oxygens (including phenoxy) is 1. The molecule has 0 aliphatic carbocycles. The molecule has 0 aromatic carbocycles. The number of anilines is 1.